The summed E-state index contributed by atoms with van der Waals surface area (Å²) >= 11 is 0. The standard InChI is InChI=1S/C17H24Si.Li.H/c1-17(2,15-10-8-9-11-15)14-18(3,4)16-12-6-5-7-13-16;;/h5-13,15H,14H2,1-4H3;;/q;+1;-1. The SMILES string of the molecule is CC(C)(C[Si](C)(C)c1ccccc1)C1C=CC=C1.[H-].[Li+]. The van der Waals surface area contributed by atoms with E-state index in [0.717, 1.165) is 0 Å². The second kappa shape index (κ2) is 6.31. The van der Waals surface area contributed by atoms with E-state index >= 15 is 0 Å². The molecule has 0 N–H and O–H groups in total. The molecule has 0 spiro atoms. The first-order chi connectivity index (χ1) is 8.42. The largest absolute Gasteiger partial charge is 1.00 e. The molecule has 19 heavy (non-hydrogen) atoms. The van der Waals surface area contributed by atoms with Gasteiger partial charge in [0.15, 0.2) is 0 Å². The van der Waals surface area contributed by atoms with E-state index in [-0.39, 0.29) is 20.3 Å². The molecule has 2 rings (SSSR count). The monoisotopic (exact) mass is 264 g/mol. The summed E-state index contributed by atoms with van der Waals surface area (Å²) in [7, 11) is -1.35. The van der Waals surface area contributed by atoms with Crippen molar-refractivity contribution in [3.8, 4) is 0 Å². The van der Waals surface area contributed by atoms with E-state index in [4.69, 9.17) is 0 Å². The van der Waals surface area contributed by atoms with Gasteiger partial charge in [-0.3, -0.25) is 0 Å². The van der Waals surface area contributed by atoms with Crippen molar-refractivity contribution in [3.63, 3.8) is 0 Å². The third kappa shape index (κ3) is 3.99. The van der Waals surface area contributed by atoms with E-state index < -0.39 is 8.07 Å². The third-order valence-electron chi connectivity index (χ3n) is 4.10. The smallest absolute Gasteiger partial charge is 1.00 e. The van der Waals surface area contributed by atoms with Gasteiger partial charge in [0.05, 0.1) is 8.07 Å². The van der Waals surface area contributed by atoms with Crippen LogP contribution < -0.4 is 24.0 Å². The van der Waals surface area contributed by atoms with Crippen LogP contribution in [0.25, 0.3) is 0 Å². The molecule has 2 heteroatoms. The molecule has 0 saturated carbocycles. The molecular weight excluding hydrogens is 239 g/mol. The molecule has 0 amide bonds. The Balaban J connectivity index is 0.00000180. The normalized spacial score (nSPS) is 15.6. The van der Waals surface area contributed by atoms with Crippen LogP contribution in [0.2, 0.25) is 19.1 Å². The fourth-order valence-electron chi connectivity index (χ4n) is 3.20. The van der Waals surface area contributed by atoms with Crippen molar-refractivity contribution in [2.24, 2.45) is 11.3 Å². The van der Waals surface area contributed by atoms with Gasteiger partial charge >= 0.3 is 18.9 Å². The maximum Gasteiger partial charge on any atom is 1.00 e. The quantitative estimate of drug-likeness (QED) is 0.723. The summed E-state index contributed by atoms with van der Waals surface area (Å²) in [6.07, 6.45) is 9.05. The van der Waals surface area contributed by atoms with Crippen LogP contribution in [0.5, 0.6) is 0 Å². The molecule has 1 aromatic carbocycles. The molecule has 98 valence electrons. The van der Waals surface area contributed by atoms with Crippen LogP contribution in [0.15, 0.2) is 54.6 Å². The predicted octanol–water partition coefficient (Wildman–Crippen LogP) is 1.49. The number of benzene rings is 1. The molecule has 1 aliphatic carbocycles. The topological polar surface area (TPSA) is 0 Å². The summed E-state index contributed by atoms with van der Waals surface area (Å²) in [5.41, 5.74) is 0.356. The first kappa shape index (κ1) is 16.6. The van der Waals surface area contributed by atoms with Gasteiger partial charge in [0.2, 0.25) is 0 Å². The van der Waals surface area contributed by atoms with E-state index in [9.17, 15) is 0 Å². The van der Waals surface area contributed by atoms with Crippen LogP contribution in [-0.4, -0.2) is 8.07 Å². The van der Waals surface area contributed by atoms with Crippen LogP contribution in [0.1, 0.15) is 15.3 Å². The van der Waals surface area contributed by atoms with Crippen molar-refractivity contribution < 1.29 is 20.3 Å². The predicted molar refractivity (Wildman–Crippen MR) is 85.0 cm³/mol. The van der Waals surface area contributed by atoms with Gasteiger partial charge < -0.3 is 1.43 Å². The van der Waals surface area contributed by atoms with Gasteiger partial charge in [-0.05, 0) is 11.5 Å². The molecule has 0 aliphatic heterocycles. The van der Waals surface area contributed by atoms with Crippen LogP contribution in [0.3, 0.4) is 0 Å². The molecule has 0 unspecified atom stereocenters. The summed E-state index contributed by atoms with van der Waals surface area (Å²) in [6, 6.07) is 12.4. The fraction of sp³-hybridized carbons (Fsp3) is 0.412. The van der Waals surface area contributed by atoms with Gasteiger partial charge in [-0.15, -0.1) is 0 Å². The molecular formula is C17H25LiSi. The Kier molecular flexibility index (Phi) is 5.50. The Morgan fingerprint density at radius 3 is 2.11 bits per heavy atom. The van der Waals surface area contributed by atoms with Gasteiger partial charge in [-0.1, -0.05) is 86.8 Å². The molecule has 0 fully saturated rings. The van der Waals surface area contributed by atoms with E-state index in [1.54, 1.807) is 5.19 Å². The molecule has 0 radical (unpaired) electrons. The minimum Gasteiger partial charge on any atom is -1.00 e. The second-order valence-corrected chi connectivity index (χ2v) is 11.4. The van der Waals surface area contributed by atoms with E-state index in [0.29, 0.717) is 11.3 Å². The number of hydrogen-bond donors (Lipinski definition) is 0. The summed E-state index contributed by atoms with van der Waals surface area (Å²) in [4.78, 5) is 0. The Labute approximate surface area is 132 Å². The zero-order valence-electron chi connectivity index (χ0n) is 14.0. The maximum absolute atomic E-state index is 2.49. The Morgan fingerprint density at radius 2 is 1.58 bits per heavy atom. The summed E-state index contributed by atoms with van der Waals surface area (Å²) in [5.74, 6) is 0.605. The summed E-state index contributed by atoms with van der Waals surface area (Å²) in [6.45, 7) is 9.81. The van der Waals surface area contributed by atoms with Gasteiger partial charge in [-0.2, -0.15) is 0 Å². The average Bonchev–Trinajstić information content (AvgIpc) is 2.83. The zero-order chi connectivity index (χ0) is 13.2. The minimum atomic E-state index is -1.35. The van der Waals surface area contributed by atoms with E-state index in [2.05, 4.69) is 81.6 Å². The average molecular weight is 264 g/mol. The minimum absolute atomic E-state index is 0. The second-order valence-electron chi connectivity index (χ2n) is 6.71. The summed E-state index contributed by atoms with van der Waals surface area (Å²) in [5, 5.41) is 1.57. The first-order valence-corrected chi connectivity index (χ1v) is 10.0. The maximum atomic E-state index is 2.49. The molecule has 0 aromatic heterocycles. The molecule has 0 atom stereocenters. The van der Waals surface area contributed by atoms with E-state index in [1.807, 2.05) is 0 Å². The van der Waals surface area contributed by atoms with Gasteiger partial charge in [0.25, 0.3) is 0 Å². The Bertz CT molecular complexity index is 451. The molecule has 1 aliphatic rings. The number of hydrogen-bond acceptors (Lipinski definition) is 0. The summed E-state index contributed by atoms with van der Waals surface area (Å²) < 4.78 is 0. The van der Waals surface area contributed by atoms with Crippen LogP contribution in [0.4, 0.5) is 0 Å². The van der Waals surface area contributed by atoms with Gasteiger partial charge in [-0.25, -0.2) is 0 Å². The van der Waals surface area contributed by atoms with E-state index in [1.165, 1.54) is 6.04 Å². The van der Waals surface area contributed by atoms with Crippen molar-refractivity contribution in [2.45, 2.75) is 33.0 Å². The van der Waals surface area contributed by atoms with Crippen molar-refractivity contribution >= 4 is 13.3 Å². The van der Waals surface area contributed by atoms with Crippen LogP contribution in [0, 0.1) is 11.3 Å². The fourth-order valence-corrected chi connectivity index (χ4v) is 7.01. The molecule has 0 heterocycles. The molecule has 0 nitrogen and oxygen atoms in total. The van der Waals surface area contributed by atoms with Crippen molar-refractivity contribution in [2.75, 3.05) is 0 Å². The first-order valence-electron chi connectivity index (χ1n) is 6.82. The molecule has 1 aromatic rings. The zero-order valence-corrected chi connectivity index (χ0v) is 14.0. The van der Waals surface area contributed by atoms with Gasteiger partial charge in [0, 0.05) is 5.92 Å². The number of allylic oxidation sites excluding steroid dienone is 4. The van der Waals surface area contributed by atoms with Crippen molar-refractivity contribution in [1.82, 2.24) is 0 Å². The third-order valence-corrected chi connectivity index (χ3v) is 7.79. The van der Waals surface area contributed by atoms with Crippen LogP contribution in [-0.2, 0) is 0 Å². The Hall–Kier alpha value is -0.486. The van der Waals surface area contributed by atoms with Gasteiger partial charge in [0.1, 0.15) is 0 Å². The molecule has 0 saturated heterocycles. The Morgan fingerprint density at radius 1 is 1.05 bits per heavy atom. The number of rotatable bonds is 4. The molecule has 0 bridgehead atoms. The van der Waals surface area contributed by atoms with Crippen LogP contribution >= 0.6 is 0 Å². The van der Waals surface area contributed by atoms with Crippen molar-refractivity contribution in [1.29, 1.82) is 0 Å². The van der Waals surface area contributed by atoms with Crippen molar-refractivity contribution in [3.05, 3.63) is 54.6 Å².